The van der Waals surface area contributed by atoms with E-state index in [0.717, 1.165) is 12.1 Å². The average Bonchev–Trinajstić information content (AvgIpc) is 2.36. The molecule has 20 heavy (non-hydrogen) atoms. The Hall–Kier alpha value is -2.43. The lowest BCUT2D eigenvalue weighted by Crippen LogP contribution is -2.11. The molecule has 0 fully saturated rings. The van der Waals surface area contributed by atoms with E-state index in [0.29, 0.717) is 6.07 Å². The fourth-order valence-electron chi connectivity index (χ4n) is 1.34. The van der Waals surface area contributed by atoms with Crippen molar-refractivity contribution in [2.45, 2.75) is 12.6 Å². The zero-order chi connectivity index (χ0) is 15.5. The fraction of sp³-hybridized carbons (Fsp3) is 0.167. The van der Waals surface area contributed by atoms with E-state index in [4.69, 9.17) is 6.57 Å². The fourth-order valence-corrected chi connectivity index (χ4v) is 1.34. The highest BCUT2D eigenvalue weighted by Crippen LogP contribution is 2.36. The van der Waals surface area contributed by atoms with Crippen LogP contribution in [0.1, 0.15) is 11.1 Å². The van der Waals surface area contributed by atoms with Crippen molar-refractivity contribution in [2.75, 3.05) is 0 Å². The van der Waals surface area contributed by atoms with Crippen molar-refractivity contribution in [3.63, 3.8) is 0 Å². The quantitative estimate of drug-likeness (QED) is 0.396. The number of carbonyl (C=O) groups excluding carboxylic acids is 1. The van der Waals surface area contributed by atoms with Gasteiger partial charge in [-0.2, -0.15) is 13.2 Å². The minimum atomic E-state index is -4.91. The lowest BCUT2D eigenvalue weighted by molar-refractivity contribution is -0.137. The molecule has 0 saturated heterocycles. The Morgan fingerprint density at radius 1 is 1.35 bits per heavy atom. The first kappa shape index (κ1) is 15.6. The number of aliphatic hydroxyl groups is 1. The molecule has 3 nitrogen and oxygen atoms in total. The number of aliphatic hydroxyl groups excluding tert-OH is 1. The number of hydrogen-bond acceptors (Lipinski definition) is 2. The number of ketones is 1. The summed E-state index contributed by atoms with van der Waals surface area (Å²) in [5.41, 5.74) is -2.57. The second kappa shape index (κ2) is 5.69. The summed E-state index contributed by atoms with van der Waals surface area (Å²) in [5, 5.41) is 9.38. The van der Waals surface area contributed by atoms with Crippen LogP contribution in [0.25, 0.3) is 10.6 Å². The summed E-state index contributed by atoms with van der Waals surface area (Å²) in [6.45, 7) is 6.62. The molecule has 1 rings (SSSR count). The van der Waals surface area contributed by atoms with Crippen LogP contribution in [-0.2, 0) is 11.0 Å². The van der Waals surface area contributed by atoms with Crippen molar-refractivity contribution in [3.05, 3.63) is 46.8 Å². The third-order valence-corrected chi connectivity index (χ3v) is 2.21. The average molecular weight is 291 g/mol. The Morgan fingerprint density at radius 3 is 2.40 bits per heavy atom. The zero-order valence-electron chi connectivity index (χ0n) is 9.58. The summed E-state index contributed by atoms with van der Waals surface area (Å²) in [4.78, 5) is 13.5. The van der Waals surface area contributed by atoms with E-state index in [-0.39, 0.29) is 11.8 Å². The Bertz CT molecular complexity index is 599. The van der Waals surface area contributed by atoms with Crippen LogP contribution in [0.15, 0.2) is 24.3 Å². The molecule has 0 aliphatic carbocycles. The lowest BCUT2D eigenvalue weighted by Gasteiger charge is -2.12. The van der Waals surface area contributed by atoms with Crippen LogP contribution in [0.5, 0.6) is 0 Å². The number of hydrogen-bond donors (Lipinski definition) is 1. The number of nitrogens with zero attached hydrogens (tertiary/aromatic N) is 1. The molecule has 106 valence electrons. The van der Waals surface area contributed by atoms with Crippen molar-refractivity contribution in [1.82, 2.24) is 0 Å². The molecular formula is C12H6F5NO2. The Labute approximate surface area is 109 Å². The largest absolute Gasteiger partial charge is 0.507 e. The molecule has 0 bridgehead atoms. The van der Waals surface area contributed by atoms with E-state index in [9.17, 15) is 31.9 Å². The van der Waals surface area contributed by atoms with Crippen LogP contribution < -0.4 is 0 Å². The number of allylic oxidation sites excluding steroid dienone is 1. The molecule has 0 aromatic heterocycles. The van der Waals surface area contributed by atoms with Crippen molar-refractivity contribution < 1.29 is 31.9 Å². The van der Waals surface area contributed by atoms with Gasteiger partial charge >= 0.3 is 6.18 Å². The molecule has 1 aromatic rings. The topological polar surface area (TPSA) is 41.7 Å². The Kier molecular flexibility index (Phi) is 4.45. The van der Waals surface area contributed by atoms with Crippen molar-refractivity contribution in [1.29, 1.82) is 0 Å². The summed E-state index contributed by atoms with van der Waals surface area (Å²) in [5.74, 6) is -3.05. The smallest absolute Gasteiger partial charge is 0.415 e. The van der Waals surface area contributed by atoms with Crippen LogP contribution in [-0.4, -0.2) is 17.3 Å². The maximum Gasteiger partial charge on any atom is 0.415 e. The highest BCUT2D eigenvalue weighted by molar-refractivity contribution is 5.97. The normalized spacial score (nSPS) is 12.3. The van der Waals surface area contributed by atoms with Crippen LogP contribution in [0, 0.1) is 6.57 Å². The predicted octanol–water partition coefficient (Wildman–Crippen LogP) is 3.99. The minimum absolute atomic E-state index is 0.0206. The number of rotatable bonds is 3. The molecule has 0 atom stereocenters. The van der Waals surface area contributed by atoms with E-state index in [1.54, 1.807) is 0 Å². The molecular weight excluding hydrogens is 285 g/mol. The second-order valence-electron chi connectivity index (χ2n) is 3.57. The van der Waals surface area contributed by atoms with E-state index in [1.165, 1.54) is 0 Å². The third kappa shape index (κ3) is 3.54. The van der Waals surface area contributed by atoms with Crippen LogP contribution in [0.3, 0.4) is 0 Å². The molecule has 0 aliphatic heterocycles. The Balaban J connectivity index is 3.39. The minimum Gasteiger partial charge on any atom is -0.507 e. The monoisotopic (exact) mass is 291 g/mol. The van der Waals surface area contributed by atoms with Gasteiger partial charge in [0.15, 0.2) is 5.69 Å². The van der Waals surface area contributed by atoms with Gasteiger partial charge in [0.1, 0.15) is 5.76 Å². The molecule has 1 aromatic carbocycles. The van der Waals surface area contributed by atoms with Crippen LogP contribution in [0.2, 0.25) is 0 Å². The first-order chi connectivity index (χ1) is 9.16. The standard InChI is InChI=1S/C12H6F5NO2/c1-18-6-2-3-7(8(4-6)12(15,16)17)9(19)5-10(20)11(13)14/h2-5,11,19H/b9-5-. The molecule has 0 unspecified atom stereocenters. The number of benzene rings is 1. The van der Waals surface area contributed by atoms with Crippen molar-refractivity contribution >= 4 is 17.2 Å². The highest BCUT2D eigenvalue weighted by atomic mass is 19.4. The molecule has 0 heterocycles. The molecule has 1 N–H and O–H groups in total. The first-order valence-electron chi connectivity index (χ1n) is 4.98. The molecule has 8 heteroatoms. The van der Waals surface area contributed by atoms with E-state index in [2.05, 4.69) is 4.85 Å². The van der Waals surface area contributed by atoms with Crippen LogP contribution in [0.4, 0.5) is 27.6 Å². The summed E-state index contributed by atoms with van der Waals surface area (Å²) in [6.07, 6.45) is -8.33. The van der Waals surface area contributed by atoms with Gasteiger partial charge in [-0.25, -0.2) is 13.6 Å². The maximum absolute atomic E-state index is 12.7. The molecule has 0 amide bonds. The zero-order valence-corrected chi connectivity index (χ0v) is 9.58. The molecule has 0 aliphatic rings. The van der Waals surface area contributed by atoms with Gasteiger partial charge < -0.3 is 5.11 Å². The predicted molar refractivity (Wildman–Crippen MR) is 59.3 cm³/mol. The van der Waals surface area contributed by atoms with Gasteiger partial charge in [-0.15, -0.1) is 0 Å². The van der Waals surface area contributed by atoms with Crippen LogP contribution >= 0.6 is 0 Å². The van der Waals surface area contributed by atoms with Gasteiger partial charge in [-0.05, 0) is 6.07 Å². The van der Waals surface area contributed by atoms with Crippen molar-refractivity contribution in [2.24, 2.45) is 0 Å². The van der Waals surface area contributed by atoms with Gasteiger partial charge in [0.2, 0.25) is 5.78 Å². The van der Waals surface area contributed by atoms with Gasteiger partial charge in [-0.3, -0.25) is 4.79 Å². The van der Waals surface area contributed by atoms with E-state index < -0.39 is 35.3 Å². The van der Waals surface area contributed by atoms with E-state index in [1.807, 2.05) is 0 Å². The highest BCUT2D eigenvalue weighted by Gasteiger charge is 2.34. The van der Waals surface area contributed by atoms with Gasteiger partial charge in [0.25, 0.3) is 6.43 Å². The summed E-state index contributed by atoms with van der Waals surface area (Å²) in [7, 11) is 0. The summed E-state index contributed by atoms with van der Waals surface area (Å²) in [6, 6.07) is 2.16. The molecule has 0 spiro atoms. The summed E-state index contributed by atoms with van der Waals surface area (Å²) >= 11 is 0. The van der Waals surface area contributed by atoms with Gasteiger partial charge in [0, 0.05) is 11.6 Å². The summed E-state index contributed by atoms with van der Waals surface area (Å²) < 4.78 is 62.2. The second-order valence-corrected chi connectivity index (χ2v) is 3.57. The molecule has 0 saturated carbocycles. The van der Waals surface area contributed by atoms with Gasteiger partial charge in [0.05, 0.1) is 12.1 Å². The Morgan fingerprint density at radius 2 is 1.95 bits per heavy atom. The number of alkyl halides is 5. The number of halogens is 5. The van der Waals surface area contributed by atoms with Crippen molar-refractivity contribution in [3.8, 4) is 0 Å². The number of carbonyl (C=O) groups is 1. The third-order valence-electron chi connectivity index (χ3n) is 2.21. The van der Waals surface area contributed by atoms with E-state index >= 15 is 0 Å². The lowest BCUT2D eigenvalue weighted by atomic mass is 10.0. The maximum atomic E-state index is 12.7. The first-order valence-corrected chi connectivity index (χ1v) is 4.98. The van der Waals surface area contributed by atoms with Gasteiger partial charge in [-0.1, -0.05) is 12.1 Å². The SMILES string of the molecule is [C-]#[N+]c1ccc(/C(O)=C/C(=O)C(F)F)c(C(F)(F)F)c1. The molecule has 0 radical (unpaired) electrons.